The van der Waals surface area contributed by atoms with E-state index in [1.54, 1.807) is 6.92 Å². The van der Waals surface area contributed by atoms with E-state index >= 15 is 0 Å². The second-order valence-corrected chi connectivity index (χ2v) is 3.16. The van der Waals surface area contributed by atoms with E-state index in [0.717, 1.165) is 0 Å². The molecule has 0 spiro atoms. The third kappa shape index (κ3) is 1.60. The maximum atomic E-state index is 9.40. The van der Waals surface area contributed by atoms with E-state index in [9.17, 15) is 10.2 Å². The van der Waals surface area contributed by atoms with Gasteiger partial charge in [-0.3, -0.25) is 0 Å². The van der Waals surface area contributed by atoms with Gasteiger partial charge in [0.1, 0.15) is 18.4 Å². The Balaban J connectivity index is 2.63. The Kier molecular flexibility index (Phi) is 3.03. The summed E-state index contributed by atoms with van der Waals surface area (Å²) in [5, 5.41) is 27.5. The van der Waals surface area contributed by atoms with Crippen LogP contribution in [0.4, 0.5) is 0 Å². The molecule has 0 aromatic heterocycles. The Bertz CT molecular complexity index is 150. The average molecular weight is 177 g/mol. The molecule has 1 rings (SSSR count). The van der Waals surface area contributed by atoms with Gasteiger partial charge in [-0.15, -0.1) is 0 Å². The first-order chi connectivity index (χ1) is 5.57. The van der Waals surface area contributed by atoms with Crippen LogP contribution in [0.3, 0.4) is 0 Å². The second-order valence-electron chi connectivity index (χ2n) is 3.16. The quantitative estimate of drug-likeness (QED) is 0.372. The predicted octanol–water partition coefficient (Wildman–Crippen LogP) is -1.98. The molecule has 5 N–H and O–H groups in total. The van der Waals surface area contributed by atoms with Gasteiger partial charge in [0, 0.05) is 5.92 Å². The molecule has 5 nitrogen and oxygen atoms in total. The molecule has 0 bridgehead atoms. The standard InChI is InChI=1S/C7H15NO4/c1-3-5(10)6(11)4(2-9)12-7(3)8/h3-7,9-11H,2,8H2,1H3. The van der Waals surface area contributed by atoms with Crippen molar-refractivity contribution in [1.29, 1.82) is 0 Å². The summed E-state index contributed by atoms with van der Waals surface area (Å²) >= 11 is 0. The number of aliphatic hydroxyl groups excluding tert-OH is 3. The number of ether oxygens (including phenoxy) is 1. The van der Waals surface area contributed by atoms with Gasteiger partial charge in [-0.25, -0.2) is 0 Å². The maximum Gasteiger partial charge on any atom is 0.111 e. The van der Waals surface area contributed by atoms with E-state index < -0.39 is 24.5 Å². The first kappa shape index (κ1) is 9.88. The summed E-state index contributed by atoms with van der Waals surface area (Å²) in [6, 6.07) is 0. The minimum absolute atomic E-state index is 0.317. The van der Waals surface area contributed by atoms with Crippen LogP contribution in [0, 0.1) is 5.92 Å². The molecule has 5 heteroatoms. The summed E-state index contributed by atoms with van der Waals surface area (Å²) in [5.74, 6) is -0.317. The van der Waals surface area contributed by atoms with Crippen molar-refractivity contribution in [1.82, 2.24) is 0 Å². The zero-order chi connectivity index (χ0) is 9.30. The molecule has 0 saturated carbocycles. The Morgan fingerprint density at radius 1 is 1.33 bits per heavy atom. The lowest BCUT2D eigenvalue weighted by molar-refractivity contribution is -0.203. The van der Waals surface area contributed by atoms with E-state index in [1.165, 1.54) is 0 Å². The molecular formula is C7H15NO4. The van der Waals surface area contributed by atoms with E-state index in [2.05, 4.69) is 0 Å². The SMILES string of the molecule is CC1C(N)OC(CO)C(O)C1O. The lowest BCUT2D eigenvalue weighted by Crippen LogP contribution is -2.57. The van der Waals surface area contributed by atoms with Gasteiger partial charge in [0.05, 0.1) is 12.7 Å². The van der Waals surface area contributed by atoms with Gasteiger partial charge in [0.15, 0.2) is 0 Å². The molecule has 0 radical (unpaired) electrons. The smallest absolute Gasteiger partial charge is 0.111 e. The third-order valence-electron chi connectivity index (χ3n) is 2.30. The molecule has 1 saturated heterocycles. The van der Waals surface area contributed by atoms with Gasteiger partial charge >= 0.3 is 0 Å². The number of rotatable bonds is 1. The van der Waals surface area contributed by atoms with Crippen LogP contribution in [-0.2, 0) is 4.74 Å². The minimum Gasteiger partial charge on any atom is -0.394 e. The summed E-state index contributed by atoms with van der Waals surface area (Å²) in [5.41, 5.74) is 5.49. The van der Waals surface area contributed by atoms with Crippen molar-refractivity contribution in [2.24, 2.45) is 11.7 Å². The highest BCUT2D eigenvalue weighted by Crippen LogP contribution is 2.22. The second kappa shape index (κ2) is 3.68. The van der Waals surface area contributed by atoms with Gasteiger partial charge in [0.2, 0.25) is 0 Å². The van der Waals surface area contributed by atoms with E-state index in [0.29, 0.717) is 0 Å². The monoisotopic (exact) mass is 177 g/mol. The number of aliphatic hydroxyl groups is 3. The highest BCUT2D eigenvalue weighted by molar-refractivity contribution is 4.87. The normalized spacial score (nSPS) is 49.2. The molecule has 0 amide bonds. The molecule has 5 atom stereocenters. The minimum atomic E-state index is -1.05. The van der Waals surface area contributed by atoms with Crippen LogP contribution in [0.2, 0.25) is 0 Å². The van der Waals surface area contributed by atoms with Gasteiger partial charge < -0.3 is 25.8 Å². The van der Waals surface area contributed by atoms with Gasteiger partial charge in [-0.1, -0.05) is 6.92 Å². The maximum absolute atomic E-state index is 9.40. The fourth-order valence-corrected chi connectivity index (χ4v) is 1.28. The van der Waals surface area contributed by atoms with Crippen LogP contribution in [0.5, 0.6) is 0 Å². The number of hydrogen-bond acceptors (Lipinski definition) is 5. The third-order valence-corrected chi connectivity index (χ3v) is 2.30. The Morgan fingerprint density at radius 2 is 1.92 bits per heavy atom. The first-order valence-electron chi connectivity index (χ1n) is 3.96. The molecule has 0 aliphatic carbocycles. The van der Waals surface area contributed by atoms with E-state index in [4.69, 9.17) is 15.6 Å². The molecule has 1 heterocycles. The van der Waals surface area contributed by atoms with Crippen molar-refractivity contribution in [3.05, 3.63) is 0 Å². The fraction of sp³-hybridized carbons (Fsp3) is 1.00. The average Bonchev–Trinajstić information content (AvgIpc) is 2.08. The number of nitrogens with two attached hydrogens (primary N) is 1. The van der Waals surface area contributed by atoms with Gasteiger partial charge in [-0.2, -0.15) is 0 Å². The molecular weight excluding hydrogens is 162 g/mol. The van der Waals surface area contributed by atoms with Gasteiger partial charge in [0.25, 0.3) is 0 Å². The fourth-order valence-electron chi connectivity index (χ4n) is 1.28. The van der Waals surface area contributed by atoms with Crippen LogP contribution < -0.4 is 5.73 Å². The van der Waals surface area contributed by atoms with Crippen molar-refractivity contribution >= 4 is 0 Å². The van der Waals surface area contributed by atoms with E-state index in [-0.39, 0.29) is 12.5 Å². The number of hydrogen-bond donors (Lipinski definition) is 4. The van der Waals surface area contributed by atoms with E-state index in [1.807, 2.05) is 0 Å². The highest BCUT2D eigenvalue weighted by Gasteiger charge is 2.40. The molecule has 1 fully saturated rings. The lowest BCUT2D eigenvalue weighted by Gasteiger charge is -2.39. The largest absolute Gasteiger partial charge is 0.394 e. The van der Waals surface area contributed by atoms with Crippen molar-refractivity contribution in [3.8, 4) is 0 Å². The lowest BCUT2D eigenvalue weighted by atomic mass is 9.92. The summed E-state index contributed by atoms with van der Waals surface area (Å²) in [6.45, 7) is 1.35. The molecule has 0 aromatic carbocycles. The van der Waals surface area contributed by atoms with Crippen LogP contribution >= 0.6 is 0 Å². The molecule has 72 valence electrons. The van der Waals surface area contributed by atoms with Crippen LogP contribution in [0.15, 0.2) is 0 Å². The Morgan fingerprint density at radius 3 is 2.42 bits per heavy atom. The van der Waals surface area contributed by atoms with Crippen molar-refractivity contribution < 1.29 is 20.1 Å². The predicted molar refractivity (Wildman–Crippen MR) is 41.1 cm³/mol. The zero-order valence-electron chi connectivity index (χ0n) is 6.92. The zero-order valence-corrected chi connectivity index (χ0v) is 6.92. The summed E-state index contributed by atoms with van der Waals surface area (Å²) < 4.78 is 5.05. The van der Waals surface area contributed by atoms with Crippen molar-refractivity contribution in [3.63, 3.8) is 0 Å². The molecule has 1 aliphatic rings. The summed E-state index contributed by atoms with van der Waals surface area (Å²) in [6.07, 6.45) is -3.37. The molecule has 1 aliphatic heterocycles. The molecule has 0 aromatic rings. The first-order valence-corrected chi connectivity index (χ1v) is 3.96. The highest BCUT2D eigenvalue weighted by atomic mass is 16.5. The molecule has 5 unspecified atom stereocenters. The van der Waals surface area contributed by atoms with Crippen LogP contribution in [0.1, 0.15) is 6.92 Å². The van der Waals surface area contributed by atoms with Crippen LogP contribution in [-0.4, -0.2) is 46.5 Å². The Hall–Kier alpha value is -0.200. The topological polar surface area (TPSA) is 95.9 Å². The van der Waals surface area contributed by atoms with Crippen LogP contribution in [0.25, 0.3) is 0 Å². The van der Waals surface area contributed by atoms with Gasteiger partial charge in [-0.05, 0) is 0 Å². The van der Waals surface area contributed by atoms with Crippen molar-refractivity contribution in [2.45, 2.75) is 31.5 Å². The van der Waals surface area contributed by atoms with Crippen molar-refractivity contribution in [2.75, 3.05) is 6.61 Å². The Labute approximate surface area is 70.8 Å². The summed E-state index contributed by atoms with van der Waals surface area (Å²) in [4.78, 5) is 0. The molecule has 12 heavy (non-hydrogen) atoms. The summed E-state index contributed by atoms with van der Waals surface area (Å²) in [7, 11) is 0.